The number of halogens is 1. The Morgan fingerprint density at radius 3 is 2.72 bits per heavy atom. The van der Waals surface area contributed by atoms with Crippen molar-refractivity contribution >= 4 is 33.2 Å². The van der Waals surface area contributed by atoms with E-state index < -0.39 is 0 Å². The number of aryl methyl sites for hydroxylation is 1. The number of hydrogen-bond acceptors (Lipinski definition) is 3. The van der Waals surface area contributed by atoms with Crippen molar-refractivity contribution in [1.82, 2.24) is 4.98 Å². The van der Waals surface area contributed by atoms with Crippen molar-refractivity contribution in [2.45, 2.75) is 6.92 Å². The Morgan fingerprint density at radius 2 is 2.11 bits per heavy atom. The zero-order valence-electron chi connectivity index (χ0n) is 9.77. The number of nitrogen functional groups attached to an aromatic ring is 1. The second-order valence-corrected chi connectivity index (χ2v) is 4.77. The number of nitrogens with zero attached hydrogens (tertiary/aromatic N) is 1. The maximum atomic E-state index is 12.0. The molecule has 0 unspecified atom stereocenters. The molecule has 1 heterocycles. The number of para-hydroxylation sites is 1. The first-order valence-corrected chi connectivity index (χ1v) is 6.15. The summed E-state index contributed by atoms with van der Waals surface area (Å²) in [6, 6.07) is 8.90. The van der Waals surface area contributed by atoms with Gasteiger partial charge in [-0.1, -0.05) is 12.1 Å². The number of aromatic nitrogens is 1. The normalized spacial score (nSPS) is 10.1. The lowest BCUT2D eigenvalue weighted by molar-refractivity contribution is 0.102. The average Bonchev–Trinajstić information content (AvgIpc) is 2.34. The number of nitrogens with two attached hydrogens (primary N) is 1. The van der Waals surface area contributed by atoms with Crippen LogP contribution in [0.5, 0.6) is 0 Å². The van der Waals surface area contributed by atoms with Gasteiger partial charge in [0.05, 0.1) is 11.4 Å². The van der Waals surface area contributed by atoms with Crippen molar-refractivity contribution < 1.29 is 4.79 Å². The Hall–Kier alpha value is -1.88. The lowest BCUT2D eigenvalue weighted by atomic mass is 10.1. The van der Waals surface area contributed by atoms with Gasteiger partial charge in [0.1, 0.15) is 5.69 Å². The molecule has 0 radical (unpaired) electrons. The minimum Gasteiger partial charge on any atom is -0.397 e. The topological polar surface area (TPSA) is 68.0 Å². The van der Waals surface area contributed by atoms with Gasteiger partial charge in [0.25, 0.3) is 5.91 Å². The molecule has 0 atom stereocenters. The van der Waals surface area contributed by atoms with Gasteiger partial charge in [-0.05, 0) is 46.6 Å². The minimum atomic E-state index is -0.275. The van der Waals surface area contributed by atoms with Gasteiger partial charge in [0.15, 0.2) is 0 Å². The predicted octanol–water partition coefficient (Wildman–Crippen LogP) is 2.99. The third-order valence-corrected chi connectivity index (χ3v) is 2.97. The van der Waals surface area contributed by atoms with E-state index in [1.54, 1.807) is 24.4 Å². The first-order chi connectivity index (χ1) is 8.58. The van der Waals surface area contributed by atoms with E-state index in [-0.39, 0.29) is 5.91 Å². The van der Waals surface area contributed by atoms with Crippen molar-refractivity contribution in [3.63, 3.8) is 0 Å². The quantitative estimate of drug-likeness (QED) is 0.838. The Kier molecular flexibility index (Phi) is 3.62. The summed E-state index contributed by atoms with van der Waals surface area (Å²) in [5.74, 6) is -0.275. The summed E-state index contributed by atoms with van der Waals surface area (Å²) in [5, 5.41) is 2.77. The molecule has 3 N–H and O–H groups in total. The number of rotatable bonds is 2. The third-order valence-electron chi connectivity index (χ3n) is 2.50. The molecule has 1 amide bonds. The highest BCUT2D eigenvalue weighted by molar-refractivity contribution is 9.10. The van der Waals surface area contributed by atoms with Crippen molar-refractivity contribution in [3.05, 3.63) is 52.3 Å². The van der Waals surface area contributed by atoms with E-state index in [9.17, 15) is 4.79 Å². The molecule has 0 fully saturated rings. The van der Waals surface area contributed by atoms with E-state index in [0.717, 1.165) is 10.0 Å². The fraction of sp³-hybridized carbons (Fsp3) is 0.0769. The number of anilines is 2. The van der Waals surface area contributed by atoms with Gasteiger partial charge in [-0.3, -0.25) is 4.79 Å². The van der Waals surface area contributed by atoms with Gasteiger partial charge in [-0.25, -0.2) is 4.98 Å². The first-order valence-electron chi connectivity index (χ1n) is 5.36. The monoisotopic (exact) mass is 305 g/mol. The van der Waals surface area contributed by atoms with E-state index in [1.807, 2.05) is 19.1 Å². The minimum absolute atomic E-state index is 0.275. The molecule has 0 bridgehead atoms. The summed E-state index contributed by atoms with van der Waals surface area (Å²) in [4.78, 5) is 16.0. The molecular weight excluding hydrogens is 294 g/mol. The molecule has 0 saturated carbocycles. The van der Waals surface area contributed by atoms with Gasteiger partial charge < -0.3 is 11.1 Å². The number of hydrogen-bond donors (Lipinski definition) is 2. The highest BCUT2D eigenvalue weighted by atomic mass is 79.9. The second-order valence-electron chi connectivity index (χ2n) is 3.85. The van der Waals surface area contributed by atoms with Crippen molar-refractivity contribution in [3.8, 4) is 0 Å². The molecule has 0 spiro atoms. The van der Waals surface area contributed by atoms with Crippen LogP contribution in [0.2, 0.25) is 0 Å². The number of pyridine rings is 1. The Labute approximate surface area is 113 Å². The van der Waals surface area contributed by atoms with Crippen LogP contribution in [0.4, 0.5) is 11.4 Å². The maximum Gasteiger partial charge on any atom is 0.274 e. The number of benzene rings is 1. The smallest absolute Gasteiger partial charge is 0.274 e. The zero-order valence-corrected chi connectivity index (χ0v) is 11.4. The summed E-state index contributed by atoms with van der Waals surface area (Å²) >= 11 is 3.27. The molecule has 5 heteroatoms. The summed E-state index contributed by atoms with van der Waals surface area (Å²) in [7, 11) is 0. The summed E-state index contributed by atoms with van der Waals surface area (Å²) < 4.78 is 0.828. The third kappa shape index (κ3) is 2.68. The maximum absolute atomic E-state index is 12.0. The van der Waals surface area contributed by atoms with Crippen LogP contribution in [-0.4, -0.2) is 10.9 Å². The van der Waals surface area contributed by atoms with Gasteiger partial charge in [0, 0.05) is 10.7 Å². The highest BCUT2D eigenvalue weighted by Crippen LogP contribution is 2.23. The number of carbonyl (C=O) groups is 1. The standard InChI is InChI=1S/C13H12BrN3O/c1-8-3-2-4-10(15)12(8)17-13(18)11-6-5-9(14)7-16-11/h2-7H,15H2,1H3,(H,17,18). The lowest BCUT2D eigenvalue weighted by Crippen LogP contribution is -2.15. The Bertz CT molecular complexity index is 561. The van der Waals surface area contributed by atoms with Crippen LogP contribution in [0.3, 0.4) is 0 Å². The summed E-state index contributed by atoms with van der Waals surface area (Å²) in [5.41, 5.74) is 8.27. The fourth-order valence-electron chi connectivity index (χ4n) is 1.55. The molecule has 2 rings (SSSR count). The van der Waals surface area contributed by atoms with Gasteiger partial charge in [-0.2, -0.15) is 0 Å². The van der Waals surface area contributed by atoms with Crippen LogP contribution in [0.25, 0.3) is 0 Å². The van der Waals surface area contributed by atoms with Crippen LogP contribution in [-0.2, 0) is 0 Å². The SMILES string of the molecule is Cc1cccc(N)c1NC(=O)c1ccc(Br)cn1. The fourth-order valence-corrected chi connectivity index (χ4v) is 1.78. The molecule has 4 nitrogen and oxygen atoms in total. The largest absolute Gasteiger partial charge is 0.397 e. The molecular formula is C13H12BrN3O. The number of carbonyl (C=O) groups excluding carboxylic acids is 1. The van der Waals surface area contributed by atoms with Crippen molar-refractivity contribution in [2.75, 3.05) is 11.1 Å². The van der Waals surface area contributed by atoms with Crippen LogP contribution in [0.15, 0.2) is 41.0 Å². The van der Waals surface area contributed by atoms with E-state index in [1.165, 1.54) is 0 Å². The zero-order chi connectivity index (χ0) is 13.1. The van der Waals surface area contributed by atoms with E-state index in [0.29, 0.717) is 17.1 Å². The number of nitrogens with one attached hydrogen (secondary N) is 1. The van der Waals surface area contributed by atoms with Crippen LogP contribution >= 0.6 is 15.9 Å². The molecule has 0 aliphatic heterocycles. The highest BCUT2D eigenvalue weighted by Gasteiger charge is 2.10. The van der Waals surface area contributed by atoms with E-state index in [2.05, 4.69) is 26.2 Å². The van der Waals surface area contributed by atoms with Gasteiger partial charge in [-0.15, -0.1) is 0 Å². The van der Waals surface area contributed by atoms with Crippen LogP contribution in [0, 0.1) is 6.92 Å². The molecule has 0 aliphatic carbocycles. The molecule has 0 saturated heterocycles. The number of amides is 1. The molecule has 18 heavy (non-hydrogen) atoms. The Morgan fingerprint density at radius 1 is 1.33 bits per heavy atom. The average molecular weight is 306 g/mol. The van der Waals surface area contributed by atoms with Crippen LogP contribution < -0.4 is 11.1 Å². The molecule has 1 aromatic heterocycles. The lowest BCUT2D eigenvalue weighted by Gasteiger charge is -2.10. The summed E-state index contributed by atoms with van der Waals surface area (Å²) in [6.45, 7) is 1.89. The van der Waals surface area contributed by atoms with Crippen molar-refractivity contribution in [2.24, 2.45) is 0 Å². The van der Waals surface area contributed by atoms with E-state index >= 15 is 0 Å². The first kappa shape index (κ1) is 12.6. The molecule has 2 aromatic rings. The van der Waals surface area contributed by atoms with Gasteiger partial charge in [0.2, 0.25) is 0 Å². The van der Waals surface area contributed by atoms with E-state index in [4.69, 9.17) is 5.73 Å². The summed E-state index contributed by atoms with van der Waals surface area (Å²) in [6.07, 6.45) is 1.58. The molecule has 0 aliphatic rings. The molecule has 1 aromatic carbocycles. The van der Waals surface area contributed by atoms with Gasteiger partial charge >= 0.3 is 0 Å². The van der Waals surface area contributed by atoms with Crippen LogP contribution in [0.1, 0.15) is 16.1 Å². The van der Waals surface area contributed by atoms with Crippen molar-refractivity contribution in [1.29, 1.82) is 0 Å². The molecule has 92 valence electrons. The predicted molar refractivity (Wildman–Crippen MR) is 75.5 cm³/mol. The Balaban J connectivity index is 2.24. The second kappa shape index (κ2) is 5.18.